The van der Waals surface area contributed by atoms with Crippen LogP contribution in [0.25, 0.3) is 11.1 Å². The molecule has 0 aliphatic heterocycles. The molecule has 0 spiro atoms. The van der Waals surface area contributed by atoms with Gasteiger partial charge >= 0.3 is 11.9 Å². The molecular weight excluding hydrogens is 416 g/mol. The number of carbonyl (C=O) groups excluding carboxylic acids is 3. The molecule has 0 saturated heterocycles. The van der Waals surface area contributed by atoms with Gasteiger partial charge in [0.15, 0.2) is 16.6 Å². The molecule has 1 saturated carbocycles. The Hall–Kier alpha value is -3.73. The number of carbonyl (C=O) groups is 3. The van der Waals surface area contributed by atoms with Gasteiger partial charge < -0.3 is 9.47 Å². The number of fused-ring (bicyclic) bond motifs is 6. The van der Waals surface area contributed by atoms with Crippen molar-refractivity contribution in [1.29, 1.82) is 0 Å². The molecule has 0 amide bonds. The predicted octanol–water partition coefficient (Wildman–Crippen LogP) is 4.26. The zero-order chi connectivity index (χ0) is 23.2. The summed E-state index contributed by atoms with van der Waals surface area (Å²) in [5.41, 5.74) is -0.829. The molecule has 4 bridgehead atoms. The number of Topliss-reactive ketones (excluding diaryl/α,β-unsaturated/α-hetero) is 1. The zero-order valence-electron chi connectivity index (χ0n) is 18.5. The standard InChI is InChI=1S/C28H24O5/c1-32-25(30)27-20-15-9-10-16-21(17-20)28(24(27)29,26(31)33-2)23(19-13-7-4-8-14-19)22(27)18-11-5-3-6-12-18/h3-16,20-21H,17H2,1-2H3/t20?,21?,27-,28+. The van der Waals surface area contributed by atoms with Gasteiger partial charge in [0.25, 0.3) is 0 Å². The van der Waals surface area contributed by atoms with Gasteiger partial charge in [-0.25, -0.2) is 0 Å². The van der Waals surface area contributed by atoms with Gasteiger partial charge in [-0.3, -0.25) is 14.4 Å². The van der Waals surface area contributed by atoms with Crippen molar-refractivity contribution in [3.63, 3.8) is 0 Å². The fourth-order valence-electron chi connectivity index (χ4n) is 6.08. The number of methoxy groups -OCH3 is 2. The molecule has 3 aliphatic carbocycles. The second kappa shape index (κ2) is 7.69. The molecule has 3 aliphatic rings. The summed E-state index contributed by atoms with van der Waals surface area (Å²) in [6.07, 6.45) is 7.92. The number of benzene rings is 2. The van der Waals surface area contributed by atoms with E-state index in [-0.39, 0.29) is 0 Å². The number of hydrogen-bond donors (Lipinski definition) is 0. The van der Waals surface area contributed by atoms with E-state index in [2.05, 4.69) is 0 Å². The summed E-state index contributed by atoms with van der Waals surface area (Å²) in [6.45, 7) is 0. The van der Waals surface area contributed by atoms with Crippen LogP contribution in [0.2, 0.25) is 0 Å². The molecule has 0 heterocycles. The predicted molar refractivity (Wildman–Crippen MR) is 123 cm³/mol. The number of rotatable bonds is 4. The first kappa shape index (κ1) is 21.1. The van der Waals surface area contributed by atoms with Crippen LogP contribution in [-0.2, 0) is 23.9 Å². The maximum atomic E-state index is 14.7. The summed E-state index contributed by atoms with van der Waals surface area (Å²) >= 11 is 0. The Bertz CT molecular complexity index is 1130. The van der Waals surface area contributed by atoms with Crippen molar-refractivity contribution in [2.75, 3.05) is 14.2 Å². The summed E-state index contributed by atoms with van der Waals surface area (Å²) in [6, 6.07) is 18.7. The number of esters is 2. The Morgan fingerprint density at radius 1 is 0.727 bits per heavy atom. The fraction of sp³-hybridized carbons (Fsp3) is 0.250. The summed E-state index contributed by atoms with van der Waals surface area (Å²) in [5, 5.41) is 0. The molecular formula is C28H24O5. The van der Waals surface area contributed by atoms with Crippen molar-refractivity contribution in [2.45, 2.75) is 6.42 Å². The number of hydrogen-bond acceptors (Lipinski definition) is 5. The minimum absolute atomic E-state index is 0.440. The minimum atomic E-state index is -1.66. The van der Waals surface area contributed by atoms with Gasteiger partial charge in [-0.05, 0) is 28.7 Å². The van der Waals surface area contributed by atoms with Crippen molar-refractivity contribution in [1.82, 2.24) is 0 Å². The highest BCUT2D eigenvalue weighted by molar-refractivity contribution is 6.37. The monoisotopic (exact) mass is 440 g/mol. The quantitative estimate of drug-likeness (QED) is 0.525. The van der Waals surface area contributed by atoms with Crippen LogP contribution in [0.3, 0.4) is 0 Å². The van der Waals surface area contributed by atoms with Crippen LogP contribution >= 0.6 is 0 Å². The van der Waals surface area contributed by atoms with E-state index in [9.17, 15) is 14.4 Å². The molecule has 5 heteroatoms. The van der Waals surface area contributed by atoms with Crippen LogP contribution < -0.4 is 0 Å². The van der Waals surface area contributed by atoms with E-state index in [0.29, 0.717) is 28.7 Å². The lowest BCUT2D eigenvalue weighted by molar-refractivity contribution is -0.168. The van der Waals surface area contributed by atoms with Crippen LogP contribution in [0.5, 0.6) is 0 Å². The fourth-order valence-corrected chi connectivity index (χ4v) is 6.08. The van der Waals surface area contributed by atoms with Crippen LogP contribution in [0.15, 0.2) is 85.0 Å². The van der Waals surface area contributed by atoms with Crippen LogP contribution in [0.1, 0.15) is 17.5 Å². The Kier molecular flexibility index (Phi) is 4.93. The van der Waals surface area contributed by atoms with Crippen LogP contribution in [0, 0.1) is 22.7 Å². The third kappa shape index (κ3) is 2.56. The lowest BCUT2D eigenvalue weighted by Crippen LogP contribution is -2.58. The van der Waals surface area contributed by atoms with E-state index < -0.39 is 40.4 Å². The number of allylic oxidation sites excluding steroid dienone is 4. The molecule has 0 radical (unpaired) electrons. The smallest absolute Gasteiger partial charge is 0.324 e. The highest BCUT2D eigenvalue weighted by atomic mass is 16.5. The summed E-state index contributed by atoms with van der Waals surface area (Å²) in [5.74, 6) is -2.71. The molecule has 0 N–H and O–H groups in total. The lowest BCUT2D eigenvalue weighted by atomic mass is 9.54. The molecule has 2 unspecified atom stereocenters. The maximum Gasteiger partial charge on any atom is 0.324 e. The molecule has 5 nitrogen and oxygen atoms in total. The van der Waals surface area contributed by atoms with Crippen molar-refractivity contribution >= 4 is 28.9 Å². The topological polar surface area (TPSA) is 69.7 Å². The maximum absolute atomic E-state index is 14.7. The highest BCUT2D eigenvalue weighted by Crippen LogP contribution is 2.69. The first-order valence-electron chi connectivity index (χ1n) is 11.0. The molecule has 4 atom stereocenters. The molecule has 33 heavy (non-hydrogen) atoms. The first-order valence-corrected chi connectivity index (χ1v) is 11.0. The number of ether oxygens (including phenoxy) is 2. The average molecular weight is 440 g/mol. The molecule has 2 aromatic carbocycles. The second-order valence-corrected chi connectivity index (χ2v) is 8.63. The highest BCUT2D eigenvalue weighted by Gasteiger charge is 2.76. The first-order chi connectivity index (χ1) is 16.0. The molecule has 1 fully saturated rings. The van der Waals surface area contributed by atoms with E-state index >= 15 is 0 Å². The van der Waals surface area contributed by atoms with E-state index in [1.165, 1.54) is 14.2 Å². The van der Waals surface area contributed by atoms with Crippen molar-refractivity contribution in [3.05, 3.63) is 96.1 Å². The molecule has 5 rings (SSSR count). The van der Waals surface area contributed by atoms with Crippen LogP contribution in [0.4, 0.5) is 0 Å². The largest absolute Gasteiger partial charge is 0.468 e. The SMILES string of the molecule is COC(=O)[C@]12C(=O)[C@](C(=O)OC)(C(c3ccccc3)=C1c1ccccc1)C1C=CC=CC2C1. The minimum Gasteiger partial charge on any atom is -0.468 e. The molecule has 2 aromatic rings. The van der Waals surface area contributed by atoms with Crippen molar-refractivity contribution in [3.8, 4) is 0 Å². The van der Waals surface area contributed by atoms with Gasteiger partial charge in [0.1, 0.15) is 0 Å². The van der Waals surface area contributed by atoms with Gasteiger partial charge in [-0.2, -0.15) is 0 Å². The molecule has 0 aromatic heterocycles. The lowest BCUT2D eigenvalue weighted by Gasteiger charge is -2.44. The van der Waals surface area contributed by atoms with Crippen LogP contribution in [-0.4, -0.2) is 31.9 Å². The van der Waals surface area contributed by atoms with Gasteiger partial charge in [-0.15, -0.1) is 0 Å². The summed E-state index contributed by atoms with van der Waals surface area (Å²) in [4.78, 5) is 42.1. The van der Waals surface area contributed by atoms with E-state index in [0.717, 1.165) is 0 Å². The summed E-state index contributed by atoms with van der Waals surface area (Å²) < 4.78 is 10.6. The number of ketones is 1. The third-order valence-electron chi connectivity index (χ3n) is 7.31. The Labute approximate surface area is 192 Å². The van der Waals surface area contributed by atoms with Gasteiger partial charge in [-0.1, -0.05) is 85.0 Å². The average Bonchev–Trinajstić information content (AvgIpc) is 3.01. The van der Waals surface area contributed by atoms with Gasteiger partial charge in [0, 0.05) is 11.8 Å². The zero-order valence-corrected chi connectivity index (χ0v) is 18.5. The third-order valence-corrected chi connectivity index (χ3v) is 7.31. The Morgan fingerprint density at radius 3 is 1.48 bits per heavy atom. The van der Waals surface area contributed by atoms with E-state index in [1.807, 2.05) is 85.0 Å². The van der Waals surface area contributed by atoms with Gasteiger partial charge in [0.05, 0.1) is 14.2 Å². The van der Waals surface area contributed by atoms with Crippen molar-refractivity contribution in [2.24, 2.45) is 22.7 Å². The van der Waals surface area contributed by atoms with Gasteiger partial charge in [0.2, 0.25) is 0 Å². The molecule has 166 valence electrons. The van der Waals surface area contributed by atoms with E-state index in [1.54, 1.807) is 0 Å². The van der Waals surface area contributed by atoms with Crippen molar-refractivity contribution < 1.29 is 23.9 Å². The summed E-state index contributed by atoms with van der Waals surface area (Å²) in [7, 11) is 2.58. The van der Waals surface area contributed by atoms with E-state index in [4.69, 9.17) is 9.47 Å². The normalized spacial score (nSPS) is 29.6. The Morgan fingerprint density at radius 2 is 1.12 bits per heavy atom. The second-order valence-electron chi connectivity index (χ2n) is 8.63. The Balaban J connectivity index is 2.02.